The lowest BCUT2D eigenvalue weighted by molar-refractivity contribution is -0.241. The summed E-state index contributed by atoms with van der Waals surface area (Å²) in [5.74, 6) is 3.68. The van der Waals surface area contributed by atoms with E-state index in [0.29, 0.717) is 45.3 Å². The lowest BCUT2D eigenvalue weighted by Gasteiger charge is -2.73. The van der Waals surface area contributed by atoms with E-state index in [1.165, 1.54) is 70.6 Å². The minimum absolute atomic E-state index is 0.324. The zero-order valence-electron chi connectivity index (χ0n) is 22.8. The van der Waals surface area contributed by atoms with Gasteiger partial charge in [0.05, 0.1) is 0 Å². The first-order chi connectivity index (χ1) is 15.3. The van der Waals surface area contributed by atoms with Gasteiger partial charge in [0.1, 0.15) is 0 Å². The predicted octanol–water partition coefficient (Wildman–Crippen LogP) is 8.59. The molecule has 5 aliphatic carbocycles. The Balaban J connectivity index is 1.46. The van der Waals surface area contributed by atoms with Gasteiger partial charge in [-0.2, -0.15) is 0 Å². The van der Waals surface area contributed by atoms with E-state index in [1.54, 1.807) is 0 Å². The summed E-state index contributed by atoms with van der Waals surface area (Å²) in [5, 5.41) is 9.45. The zero-order valence-corrected chi connectivity index (χ0v) is 22.8. The molecule has 0 aliphatic heterocycles. The molecule has 1 unspecified atom stereocenters. The number of rotatable bonds is 3. The number of carboxylic acid groups (broad SMARTS) is 1. The smallest absolute Gasteiger partial charge is 0.303 e. The highest BCUT2D eigenvalue weighted by molar-refractivity contribution is 5.67. The summed E-state index contributed by atoms with van der Waals surface area (Å²) in [5.41, 5.74) is 2.36. The SMILES string of the molecule is CC(CC(=O)O)[C@@H]1CC[C@]2(C)[C@H]3CC[C@@H]4[C@@]5(C)CCCC(C)(C)[C@@H]5CC[C@@]4(C)[C@]3(C)CC[C@@H]12. The molecule has 0 spiro atoms. The molecule has 0 bridgehead atoms. The van der Waals surface area contributed by atoms with E-state index < -0.39 is 5.97 Å². The third kappa shape index (κ3) is 3.13. The Bertz CT molecular complexity index is 801. The van der Waals surface area contributed by atoms with Crippen LogP contribution < -0.4 is 0 Å². The minimum atomic E-state index is -0.606. The second-order valence-corrected chi connectivity index (χ2v) is 15.4. The minimum Gasteiger partial charge on any atom is -0.481 e. The third-order valence-electron chi connectivity index (χ3n) is 14.0. The molecule has 2 heteroatoms. The maximum Gasteiger partial charge on any atom is 0.303 e. The molecule has 188 valence electrons. The van der Waals surface area contributed by atoms with Crippen LogP contribution in [0.2, 0.25) is 0 Å². The van der Waals surface area contributed by atoms with Gasteiger partial charge in [0.25, 0.3) is 0 Å². The van der Waals surface area contributed by atoms with Crippen molar-refractivity contribution in [2.75, 3.05) is 0 Å². The quantitative estimate of drug-likeness (QED) is 0.461. The largest absolute Gasteiger partial charge is 0.481 e. The van der Waals surface area contributed by atoms with Gasteiger partial charge in [-0.3, -0.25) is 4.79 Å². The molecule has 1 N–H and O–H groups in total. The molecular weight excluding hydrogens is 404 g/mol. The van der Waals surface area contributed by atoms with Crippen LogP contribution in [0.3, 0.4) is 0 Å². The Kier molecular flexibility index (Phi) is 5.49. The fourth-order valence-electron chi connectivity index (χ4n) is 12.4. The first-order valence-electron chi connectivity index (χ1n) is 14.5. The summed E-state index contributed by atoms with van der Waals surface area (Å²) in [6.07, 6.45) is 15.7. The molecule has 0 saturated heterocycles. The second-order valence-electron chi connectivity index (χ2n) is 15.4. The van der Waals surface area contributed by atoms with E-state index in [4.69, 9.17) is 0 Å². The van der Waals surface area contributed by atoms with Crippen LogP contribution in [0, 0.1) is 62.6 Å². The molecule has 0 heterocycles. The van der Waals surface area contributed by atoms with Gasteiger partial charge in [-0.15, -0.1) is 0 Å². The van der Waals surface area contributed by atoms with Gasteiger partial charge in [-0.1, -0.05) is 54.9 Å². The number of fused-ring (bicyclic) bond motifs is 7. The van der Waals surface area contributed by atoms with Gasteiger partial charge in [0, 0.05) is 6.42 Å². The lowest BCUT2D eigenvalue weighted by Crippen LogP contribution is -2.65. The highest BCUT2D eigenvalue weighted by atomic mass is 16.4. The lowest BCUT2D eigenvalue weighted by atomic mass is 9.32. The standard InChI is InChI=1S/C31H52O2/c1-20(19-26(32)33)21-11-16-28(4)22(21)12-17-30(6)24(28)9-10-25-29(5)15-8-14-27(2,3)23(29)13-18-31(25,30)7/h20-25H,8-19H2,1-7H3,(H,32,33)/t20?,21-,22-,23-,24+,25+,28-,29-,30+,31+/m0/s1. The van der Waals surface area contributed by atoms with Crippen LogP contribution in [0.4, 0.5) is 0 Å². The highest BCUT2D eigenvalue weighted by Gasteiger charge is 2.70. The maximum absolute atomic E-state index is 11.5. The summed E-state index contributed by atoms with van der Waals surface area (Å²) < 4.78 is 0. The molecule has 2 nitrogen and oxygen atoms in total. The van der Waals surface area contributed by atoms with E-state index in [0.717, 1.165) is 23.7 Å². The van der Waals surface area contributed by atoms with Gasteiger partial charge in [0.15, 0.2) is 0 Å². The third-order valence-corrected chi connectivity index (χ3v) is 14.0. The van der Waals surface area contributed by atoms with Gasteiger partial charge in [0.2, 0.25) is 0 Å². The van der Waals surface area contributed by atoms with Crippen molar-refractivity contribution in [2.24, 2.45) is 62.6 Å². The molecule has 0 aromatic rings. The first kappa shape index (κ1) is 24.2. The Morgan fingerprint density at radius 1 is 0.758 bits per heavy atom. The fourth-order valence-corrected chi connectivity index (χ4v) is 12.4. The van der Waals surface area contributed by atoms with Crippen molar-refractivity contribution in [3.8, 4) is 0 Å². The van der Waals surface area contributed by atoms with Crippen molar-refractivity contribution >= 4 is 5.97 Å². The summed E-state index contributed by atoms with van der Waals surface area (Å²) in [7, 11) is 0. The molecule has 0 radical (unpaired) electrons. The predicted molar refractivity (Wildman–Crippen MR) is 136 cm³/mol. The molecule has 0 aromatic carbocycles. The van der Waals surface area contributed by atoms with Crippen molar-refractivity contribution in [1.82, 2.24) is 0 Å². The number of carboxylic acids is 1. The molecule has 33 heavy (non-hydrogen) atoms. The summed E-state index contributed by atoms with van der Waals surface area (Å²) in [6.45, 7) is 18.2. The molecular formula is C31H52O2. The van der Waals surface area contributed by atoms with Crippen LogP contribution in [0.15, 0.2) is 0 Å². The van der Waals surface area contributed by atoms with E-state index in [1.807, 2.05) is 0 Å². The number of aliphatic carboxylic acids is 1. The van der Waals surface area contributed by atoms with Gasteiger partial charge in [-0.25, -0.2) is 0 Å². The van der Waals surface area contributed by atoms with Crippen molar-refractivity contribution in [1.29, 1.82) is 0 Å². The average molecular weight is 457 g/mol. The first-order valence-corrected chi connectivity index (χ1v) is 14.5. The van der Waals surface area contributed by atoms with Crippen LogP contribution in [-0.4, -0.2) is 11.1 Å². The molecule has 0 aromatic heterocycles. The molecule has 5 aliphatic rings. The van der Waals surface area contributed by atoms with E-state index in [-0.39, 0.29) is 0 Å². The molecule has 10 atom stereocenters. The monoisotopic (exact) mass is 456 g/mol. The Hall–Kier alpha value is -0.530. The van der Waals surface area contributed by atoms with Crippen LogP contribution in [-0.2, 0) is 4.79 Å². The van der Waals surface area contributed by atoms with E-state index >= 15 is 0 Å². The van der Waals surface area contributed by atoms with Crippen molar-refractivity contribution < 1.29 is 9.90 Å². The normalized spacial score (nSPS) is 53.8. The molecule has 5 rings (SSSR count). The average Bonchev–Trinajstić information content (AvgIpc) is 3.04. The highest BCUT2D eigenvalue weighted by Crippen LogP contribution is 2.78. The van der Waals surface area contributed by atoms with Gasteiger partial charge >= 0.3 is 5.97 Å². The number of hydrogen-bond acceptors (Lipinski definition) is 1. The zero-order chi connectivity index (χ0) is 24.0. The summed E-state index contributed by atoms with van der Waals surface area (Å²) >= 11 is 0. The Morgan fingerprint density at radius 2 is 1.36 bits per heavy atom. The van der Waals surface area contributed by atoms with E-state index in [9.17, 15) is 9.90 Å². The summed E-state index contributed by atoms with van der Waals surface area (Å²) in [4.78, 5) is 11.5. The number of carbonyl (C=O) groups is 1. The second kappa shape index (κ2) is 7.49. The van der Waals surface area contributed by atoms with Gasteiger partial charge in [-0.05, 0) is 127 Å². The van der Waals surface area contributed by atoms with Crippen LogP contribution in [0.5, 0.6) is 0 Å². The van der Waals surface area contributed by atoms with Crippen LogP contribution >= 0.6 is 0 Å². The van der Waals surface area contributed by atoms with Crippen molar-refractivity contribution in [3.63, 3.8) is 0 Å². The fraction of sp³-hybridized carbons (Fsp3) is 0.968. The van der Waals surface area contributed by atoms with Crippen LogP contribution in [0.1, 0.15) is 126 Å². The molecule has 5 saturated carbocycles. The Labute approximate surface area is 204 Å². The molecule has 0 amide bonds. The van der Waals surface area contributed by atoms with Crippen LogP contribution in [0.25, 0.3) is 0 Å². The van der Waals surface area contributed by atoms with Gasteiger partial charge < -0.3 is 5.11 Å². The topological polar surface area (TPSA) is 37.3 Å². The number of hydrogen-bond donors (Lipinski definition) is 1. The maximum atomic E-state index is 11.5. The summed E-state index contributed by atoms with van der Waals surface area (Å²) in [6, 6.07) is 0. The Morgan fingerprint density at radius 3 is 2.00 bits per heavy atom. The van der Waals surface area contributed by atoms with Crippen molar-refractivity contribution in [2.45, 2.75) is 126 Å². The van der Waals surface area contributed by atoms with Crippen molar-refractivity contribution in [3.05, 3.63) is 0 Å². The molecule has 5 fully saturated rings. The van der Waals surface area contributed by atoms with E-state index in [2.05, 4.69) is 48.5 Å².